The number of hydrogen-bond donors (Lipinski definition) is 2. The lowest BCUT2D eigenvalue weighted by Crippen LogP contribution is -2.10. The first-order valence-corrected chi connectivity index (χ1v) is 10.8. The van der Waals surface area contributed by atoms with Crippen LogP contribution in [0.25, 0.3) is 27.9 Å². The zero-order valence-corrected chi connectivity index (χ0v) is 19.3. The van der Waals surface area contributed by atoms with Crippen LogP contribution in [0.2, 0.25) is 0 Å². The van der Waals surface area contributed by atoms with Gasteiger partial charge in [-0.15, -0.1) is 14.8 Å². The molecule has 5 aromatic rings. The molecule has 0 fully saturated rings. The summed E-state index contributed by atoms with van der Waals surface area (Å²) in [6.45, 7) is 4.74. The van der Waals surface area contributed by atoms with Crippen LogP contribution in [0, 0.1) is 12.7 Å². The molecular weight excluding hydrogens is 482 g/mol. The van der Waals surface area contributed by atoms with E-state index in [0.29, 0.717) is 39.3 Å². The van der Waals surface area contributed by atoms with Crippen LogP contribution in [0.15, 0.2) is 73.6 Å². The number of carbonyl (C=O) groups excluding carboxylic acids is 1. The first kappa shape index (κ1) is 23.5. The first-order chi connectivity index (χ1) is 17.8. The summed E-state index contributed by atoms with van der Waals surface area (Å²) in [5.41, 5.74) is 9.51. The monoisotopic (exact) mass is 500 g/mol. The molecule has 3 N–H and O–H groups in total. The summed E-state index contributed by atoms with van der Waals surface area (Å²) >= 11 is 0. The smallest absolute Gasteiger partial charge is 0.283 e. The van der Waals surface area contributed by atoms with Crippen LogP contribution in [0.5, 0.6) is 11.6 Å². The van der Waals surface area contributed by atoms with Crippen LogP contribution in [0.3, 0.4) is 0 Å². The Morgan fingerprint density at radius 3 is 2.51 bits per heavy atom. The third kappa shape index (κ3) is 4.67. The molecule has 0 saturated carbocycles. The van der Waals surface area contributed by atoms with E-state index in [1.807, 2.05) is 0 Å². The molecule has 2 aromatic carbocycles. The molecule has 0 aliphatic heterocycles. The number of anilines is 2. The summed E-state index contributed by atoms with van der Waals surface area (Å²) in [6, 6.07) is 12.5. The summed E-state index contributed by atoms with van der Waals surface area (Å²) in [4.78, 5) is 23.6. The van der Waals surface area contributed by atoms with Crippen molar-refractivity contribution in [1.82, 2.24) is 29.8 Å². The molecular formula is C25H18F2N8O2. The lowest BCUT2D eigenvalue weighted by atomic mass is 9.99. The SMILES string of the molecule is C=C(F)C(=O)Nc1ccc(-c2nn3ncnc(N)c3c2-c2ccc(Oc3cc(C)ncn3)c(F)c2)cc1. The van der Waals surface area contributed by atoms with E-state index in [9.17, 15) is 9.18 Å². The number of rotatable bonds is 6. The molecule has 10 nitrogen and oxygen atoms in total. The first-order valence-electron chi connectivity index (χ1n) is 10.8. The van der Waals surface area contributed by atoms with Gasteiger partial charge in [-0.25, -0.2) is 23.7 Å². The predicted octanol–water partition coefficient (Wildman–Crippen LogP) is 4.49. The van der Waals surface area contributed by atoms with Gasteiger partial charge in [-0.05, 0) is 36.8 Å². The van der Waals surface area contributed by atoms with Crippen molar-refractivity contribution >= 4 is 22.9 Å². The minimum absolute atomic E-state index is 0.0290. The standard InChI is InChI=1S/C25H18F2N8O2/c1-13-9-20(30-11-29-13)37-19-8-5-16(10-18(19)27)21-22(34-35-23(21)24(28)31-12-32-35)15-3-6-17(7-4-15)33-25(36)14(2)26/h3-12H,2H2,1H3,(H,33,36)(H2,28,31,32). The van der Waals surface area contributed by atoms with Gasteiger partial charge >= 0.3 is 0 Å². The Morgan fingerprint density at radius 2 is 1.81 bits per heavy atom. The van der Waals surface area contributed by atoms with E-state index in [-0.39, 0.29) is 17.4 Å². The lowest BCUT2D eigenvalue weighted by molar-refractivity contribution is -0.114. The molecule has 184 valence electrons. The number of hydrogen-bond acceptors (Lipinski definition) is 8. The Balaban J connectivity index is 1.57. The number of benzene rings is 2. The van der Waals surface area contributed by atoms with Crippen molar-refractivity contribution < 1.29 is 18.3 Å². The van der Waals surface area contributed by atoms with Crippen LogP contribution in [0.4, 0.5) is 20.3 Å². The Kier molecular flexibility index (Phi) is 5.97. The van der Waals surface area contributed by atoms with Crippen molar-refractivity contribution in [3.05, 3.63) is 85.1 Å². The fraction of sp³-hybridized carbons (Fsp3) is 0.0400. The molecule has 5 rings (SSSR count). The van der Waals surface area contributed by atoms with Gasteiger partial charge in [0.1, 0.15) is 23.9 Å². The Morgan fingerprint density at radius 1 is 1.05 bits per heavy atom. The van der Waals surface area contributed by atoms with Gasteiger partial charge in [0.05, 0.1) is 0 Å². The fourth-order valence-electron chi connectivity index (χ4n) is 3.64. The van der Waals surface area contributed by atoms with Crippen molar-refractivity contribution in [2.45, 2.75) is 6.92 Å². The summed E-state index contributed by atoms with van der Waals surface area (Å²) in [5.74, 6) is -2.37. The second-order valence-electron chi connectivity index (χ2n) is 7.89. The highest BCUT2D eigenvalue weighted by molar-refractivity contribution is 6.02. The third-order valence-electron chi connectivity index (χ3n) is 5.35. The second kappa shape index (κ2) is 9.41. The molecule has 37 heavy (non-hydrogen) atoms. The van der Waals surface area contributed by atoms with Gasteiger partial charge in [-0.3, -0.25) is 4.79 Å². The number of nitrogens with one attached hydrogen (secondary N) is 1. The number of aromatic nitrogens is 6. The molecule has 12 heteroatoms. The highest BCUT2D eigenvalue weighted by Gasteiger charge is 2.21. The number of nitrogens with zero attached hydrogens (tertiary/aromatic N) is 6. The molecule has 0 spiro atoms. The number of carbonyl (C=O) groups is 1. The number of nitrogen functional groups attached to an aromatic ring is 1. The summed E-state index contributed by atoms with van der Waals surface area (Å²) in [7, 11) is 0. The molecule has 0 unspecified atom stereocenters. The molecule has 0 aliphatic rings. The van der Waals surface area contributed by atoms with Crippen molar-refractivity contribution in [2.75, 3.05) is 11.1 Å². The predicted molar refractivity (Wildman–Crippen MR) is 132 cm³/mol. The third-order valence-corrected chi connectivity index (χ3v) is 5.35. The number of halogens is 2. The van der Waals surface area contributed by atoms with E-state index in [1.54, 1.807) is 43.3 Å². The topological polar surface area (TPSA) is 133 Å². The average Bonchev–Trinajstić information content (AvgIpc) is 3.27. The summed E-state index contributed by atoms with van der Waals surface area (Å²) in [5, 5.41) is 11.0. The molecule has 3 heterocycles. The van der Waals surface area contributed by atoms with E-state index in [0.717, 1.165) is 0 Å². The maximum atomic E-state index is 15.2. The number of ether oxygens (including phenoxy) is 1. The molecule has 0 aliphatic carbocycles. The molecule has 0 saturated heterocycles. The number of amides is 1. The Hall–Kier alpha value is -5.26. The molecule has 0 radical (unpaired) electrons. The Bertz CT molecular complexity index is 1670. The van der Waals surface area contributed by atoms with E-state index in [2.05, 4.69) is 37.0 Å². The van der Waals surface area contributed by atoms with Gasteiger partial charge in [-0.1, -0.05) is 24.8 Å². The van der Waals surface area contributed by atoms with Gasteiger partial charge in [0.25, 0.3) is 5.91 Å². The fourth-order valence-corrected chi connectivity index (χ4v) is 3.64. The quantitative estimate of drug-likeness (QED) is 0.326. The van der Waals surface area contributed by atoms with Gasteiger partial charge in [0, 0.05) is 28.6 Å². The van der Waals surface area contributed by atoms with Gasteiger partial charge in [0.15, 0.2) is 23.2 Å². The van der Waals surface area contributed by atoms with E-state index >= 15 is 4.39 Å². The number of fused-ring (bicyclic) bond motifs is 1. The van der Waals surface area contributed by atoms with Crippen molar-refractivity contribution in [3.63, 3.8) is 0 Å². The van der Waals surface area contributed by atoms with Crippen LogP contribution < -0.4 is 15.8 Å². The largest absolute Gasteiger partial charge is 0.436 e. The maximum Gasteiger partial charge on any atom is 0.283 e. The Labute approximate surface area is 208 Å². The highest BCUT2D eigenvalue weighted by atomic mass is 19.1. The van der Waals surface area contributed by atoms with Crippen molar-refractivity contribution in [2.24, 2.45) is 0 Å². The van der Waals surface area contributed by atoms with Gasteiger partial charge in [-0.2, -0.15) is 0 Å². The minimum Gasteiger partial charge on any atom is -0.436 e. The molecule has 0 bridgehead atoms. The maximum absolute atomic E-state index is 15.2. The average molecular weight is 500 g/mol. The van der Waals surface area contributed by atoms with E-state index < -0.39 is 17.6 Å². The zero-order chi connectivity index (χ0) is 26.1. The molecule has 1 amide bonds. The zero-order valence-electron chi connectivity index (χ0n) is 19.3. The second-order valence-corrected chi connectivity index (χ2v) is 7.89. The van der Waals surface area contributed by atoms with Crippen LogP contribution in [0.1, 0.15) is 5.69 Å². The molecule has 0 atom stereocenters. The summed E-state index contributed by atoms with van der Waals surface area (Å²) < 4.78 is 35.1. The number of nitrogens with two attached hydrogens (primary N) is 1. The highest BCUT2D eigenvalue weighted by Crippen LogP contribution is 2.38. The van der Waals surface area contributed by atoms with Crippen molar-refractivity contribution in [1.29, 1.82) is 0 Å². The summed E-state index contributed by atoms with van der Waals surface area (Å²) in [6.07, 6.45) is 2.59. The normalized spacial score (nSPS) is 10.9. The van der Waals surface area contributed by atoms with Crippen molar-refractivity contribution in [3.8, 4) is 34.0 Å². The van der Waals surface area contributed by atoms with E-state index in [4.69, 9.17) is 10.5 Å². The van der Waals surface area contributed by atoms with E-state index in [1.165, 1.54) is 29.4 Å². The number of aryl methyl sites for hydroxylation is 1. The van der Waals surface area contributed by atoms with Crippen LogP contribution in [-0.2, 0) is 4.79 Å². The van der Waals surface area contributed by atoms with Crippen LogP contribution >= 0.6 is 0 Å². The lowest BCUT2D eigenvalue weighted by Gasteiger charge is -2.09. The van der Waals surface area contributed by atoms with Gasteiger partial charge in [0.2, 0.25) is 5.88 Å². The van der Waals surface area contributed by atoms with Gasteiger partial charge < -0.3 is 15.8 Å². The molecule has 3 aromatic heterocycles. The van der Waals surface area contributed by atoms with Crippen LogP contribution in [-0.4, -0.2) is 35.7 Å². The minimum atomic E-state index is -1.11.